The lowest BCUT2D eigenvalue weighted by atomic mass is 9.81. The van der Waals surface area contributed by atoms with Crippen molar-refractivity contribution in [3.05, 3.63) is 35.4 Å². The standard InChI is InChI=1S/C55H80N12O17S2/c1-5-27(2)46(63-42(73)19-56)52(80)59-20-43(74)61-37-26-86(83)54-34(33-10-11-40(84-4)35(48(33)65-54)25-85-15-14-58-49(77)30-8-6-29(7-9-30)21-67-44(75)12-13-45(67)76)16-31(23-68)60-53(81)47(28(3)39(71)24-69)64-51(79)38-17-32(70)22-66(38)55(82)36(18-41(57)72)62-50(37)78/h10-13,27-32,36-39,46-47,65,68-71H,5-9,14-26,56H2,1-4H3,(H2,57,72)(H,58,77)(H,59,80)(H,60,81)(H,61,74)(H,62,78)(H,63,73)(H,64,79)/t27-,28-,29?,30?,31-,32+,36-,37-,38+,39-,46+,47-,86?/m0/s1. The fourth-order valence-electron chi connectivity index (χ4n) is 10.9. The molecule has 474 valence electrons. The molecule has 0 spiro atoms. The number of imide groups is 1. The van der Waals surface area contributed by atoms with Crippen LogP contribution < -0.4 is 53.4 Å². The molecule has 0 bridgehead atoms. The van der Waals surface area contributed by atoms with E-state index < -0.39 is 170 Å². The molecule has 1 aromatic carbocycles. The van der Waals surface area contributed by atoms with E-state index in [1.807, 2.05) is 0 Å². The van der Waals surface area contributed by atoms with Crippen LogP contribution in [0.1, 0.15) is 76.8 Å². The second kappa shape index (κ2) is 31.7. The molecule has 1 saturated carbocycles. The van der Waals surface area contributed by atoms with Gasteiger partial charge < -0.3 is 88.3 Å². The van der Waals surface area contributed by atoms with Crippen molar-refractivity contribution >= 4 is 98.8 Å². The first-order valence-electron chi connectivity index (χ1n) is 28.6. The molecule has 6 rings (SSSR count). The fraction of sp³-hybridized carbons (Fsp3) is 0.618. The molecular formula is C55H80N12O17S2. The number of nitrogens with two attached hydrogens (primary N) is 2. The van der Waals surface area contributed by atoms with Crippen LogP contribution in [0.4, 0.5) is 0 Å². The van der Waals surface area contributed by atoms with E-state index in [2.05, 4.69) is 42.2 Å². The van der Waals surface area contributed by atoms with Crippen LogP contribution in [0.25, 0.3) is 10.9 Å². The number of aromatic nitrogens is 1. The Morgan fingerprint density at radius 1 is 0.942 bits per heavy atom. The number of carbonyl (C=O) groups is 11. The third kappa shape index (κ3) is 17.4. The van der Waals surface area contributed by atoms with Gasteiger partial charge in [-0.2, -0.15) is 11.8 Å². The largest absolute Gasteiger partial charge is 0.610 e. The van der Waals surface area contributed by atoms with Crippen molar-refractivity contribution in [2.45, 2.75) is 131 Å². The van der Waals surface area contributed by atoms with Crippen molar-refractivity contribution in [1.82, 2.24) is 52.0 Å². The predicted molar refractivity (Wildman–Crippen MR) is 311 cm³/mol. The van der Waals surface area contributed by atoms with Crippen molar-refractivity contribution in [2.75, 3.05) is 64.6 Å². The Kier molecular flexibility index (Phi) is 25.1. The highest BCUT2D eigenvalue weighted by Crippen LogP contribution is 2.37. The van der Waals surface area contributed by atoms with Crippen molar-refractivity contribution in [3.63, 3.8) is 0 Å². The number of benzene rings is 1. The van der Waals surface area contributed by atoms with Gasteiger partial charge >= 0.3 is 0 Å². The third-order valence-electron chi connectivity index (χ3n) is 16.1. The Balaban J connectivity index is 1.34. The van der Waals surface area contributed by atoms with Crippen molar-refractivity contribution < 1.29 is 82.5 Å². The number of rotatable bonds is 23. The average Bonchev–Trinajstić information content (AvgIpc) is 1.82. The number of nitrogens with one attached hydrogen (secondary N) is 8. The summed E-state index contributed by atoms with van der Waals surface area (Å²) in [6.45, 7) is 2.01. The zero-order valence-electron chi connectivity index (χ0n) is 48.4. The molecule has 86 heavy (non-hydrogen) atoms. The molecule has 3 aliphatic heterocycles. The summed E-state index contributed by atoms with van der Waals surface area (Å²) in [5.41, 5.74) is 12.2. The number of thioether (sulfide) groups is 1. The van der Waals surface area contributed by atoms with Crippen LogP contribution >= 0.6 is 11.8 Å². The maximum Gasteiger partial charge on any atom is 0.253 e. The number of primary amides is 1. The van der Waals surface area contributed by atoms with Crippen LogP contribution in [0.5, 0.6) is 5.75 Å². The number of carbonyl (C=O) groups excluding carboxylic acids is 11. The molecule has 16 N–H and O–H groups in total. The number of ether oxygens (including phenoxy) is 1. The van der Waals surface area contributed by atoms with Gasteiger partial charge in [0.05, 0.1) is 63.6 Å². The van der Waals surface area contributed by atoms with Crippen molar-refractivity contribution in [2.24, 2.45) is 35.1 Å². The van der Waals surface area contributed by atoms with E-state index in [0.717, 1.165) is 4.90 Å². The minimum absolute atomic E-state index is 0.0782. The quantitative estimate of drug-likeness (QED) is 0.0282. The average molecular weight is 1250 g/mol. The minimum Gasteiger partial charge on any atom is -0.610 e. The Bertz CT molecular complexity index is 2850. The first kappa shape index (κ1) is 68.2. The molecule has 1 aliphatic carbocycles. The van der Waals surface area contributed by atoms with Gasteiger partial charge in [-0.1, -0.05) is 27.2 Å². The monoisotopic (exact) mass is 1240 g/mol. The van der Waals surface area contributed by atoms with E-state index in [4.69, 9.17) is 16.2 Å². The second-order valence-corrected chi connectivity index (χ2v) is 24.6. The number of fused-ring (bicyclic) bond motifs is 4. The summed E-state index contributed by atoms with van der Waals surface area (Å²) in [4.78, 5) is 153. The molecule has 0 radical (unpaired) electrons. The Labute approximate surface area is 503 Å². The Hall–Kier alpha value is -6.87. The summed E-state index contributed by atoms with van der Waals surface area (Å²) in [7, 11) is 1.43. The van der Waals surface area contributed by atoms with Crippen LogP contribution in [-0.2, 0) is 76.1 Å². The summed E-state index contributed by atoms with van der Waals surface area (Å²) in [6.07, 6.45) is 0.888. The van der Waals surface area contributed by atoms with Gasteiger partial charge in [-0.15, -0.1) is 0 Å². The lowest BCUT2D eigenvalue weighted by Gasteiger charge is -2.32. The van der Waals surface area contributed by atoms with Gasteiger partial charge in [0.15, 0.2) is 6.04 Å². The van der Waals surface area contributed by atoms with E-state index >= 15 is 4.55 Å². The highest BCUT2D eigenvalue weighted by atomic mass is 32.2. The summed E-state index contributed by atoms with van der Waals surface area (Å²) in [5.74, 6) is -10.3. The number of amides is 11. The third-order valence-corrected chi connectivity index (χ3v) is 18.5. The lowest BCUT2D eigenvalue weighted by molar-refractivity contribution is -0.144. The van der Waals surface area contributed by atoms with Crippen LogP contribution in [0.15, 0.2) is 29.3 Å². The molecule has 1 saturated heterocycles. The van der Waals surface area contributed by atoms with Crippen LogP contribution in [0, 0.1) is 23.7 Å². The van der Waals surface area contributed by atoms with Gasteiger partial charge in [0.1, 0.15) is 35.7 Å². The highest BCUT2D eigenvalue weighted by Gasteiger charge is 2.45. The molecule has 2 aromatic rings. The number of hydrogen-bond acceptors (Lipinski definition) is 19. The second-order valence-electron chi connectivity index (χ2n) is 22.1. The van der Waals surface area contributed by atoms with Gasteiger partial charge in [-0.05, 0) is 49.7 Å². The molecular weight excluding hydrogens is 1160 g/mol. The van der Waals surface area contributed by atoms with Crippen LogP contribution in [0.2, 0.25) is 0 Å². The zero-order valence-corrected chi connectivity index (χ0v) is 50.1. The Morgan fingerprint density at radius 2 is 1.64 bits per heavy atom. The number of aliphatic hydroxyl groups excluding tert-OH is 4. The van der Waals surface area contributed by atoms with Crippen LogP contribution in [0.3, 0.4) is 0 Å². The molecule has 29 nitrogen and oxygen atoms in total. The Morgan fingerprint density at radius 3 is 2.27 bits per heavy atom. The first-order valence-corrected chi connectivity index (χ1v) is 31.0. The molecule has 11 amide bonds. The SMILES string of the molecule is CC[C@H](C)[C@@H](NC(=O)CN)C(=O)NCC(=O)N[C@H]1C[S+]([O-])c2[nH]c3c(CSCCNC(=O)C4CCC(CN5C(=O)C=CC5=O)CC4)c(OC)ccc3c2C[C@@H](CO)NC(=O)[C@H]([C@@H](C)[C@@H](O)CO)NC(=O)[C@H]2C[C@@H](O)CN2C(=O)[C@H](CC(N)=O)NC1=O. The smallest absolute Gasteiger partial charge is 0.253 e. The summed E-state index contributed by atoms with van der Waals surface area (Å²) >= 11 is -0.995. The van der Waals surface area contributed by atoms with Crippen LogP contribution in [-0.4, -0.2) is 218 Å². The van der Waals surface area contributed by atoms with Gasteiger partial charge in [-0.25, -0.2) is 0 Å². The van der Waals surface area contributed by atoms with Gasteiger partial charge in [0.25, 0.3) is 11.8 Å². The molecule has 11 atom stereocenters. The number of H-pyrrole nitrogens is 1. The maximum absolute atomic E-state index is 15.2. The lowest BCUT2D eigenvalue weighted by Crippen LogP contribution is -2.61. The maximum atomic E-state index is 15.2. The normalized spacial score (nSPS) is 25.5. The summed E-state index contributed by atoms with van der Waals surface area (Å²) < 4.78 is 21.0. The fourth-order valence-corrected chi connectivity index (χ4v) is 13.2. The molecule has 1 unspecified atom stereocenters. The van der Waals surface area contributed by atoms with Gasteiger partial charge in [0, 0.05) is 95.7 Å². The zero-order chi connectivity index (χ0) is 63.1. The summed E-state index contributed by atoms with van der Waals surface area (Å²) in [5, 5.41) is 60.9. The number of aliphatic hydroxyl groups is 4. The molecule has 4 heterocycles. The van der Waals surface area contributed by atoms with E-state index in [1.54, 1.807) is 26.0 Å². The van der Waals surface area contributed by atoms with E-state index in [1.165, 1.54) is 42.8 Å². The number of nitrogens with zero attached hydrogens (tertiary/aromatic N) is 2. The summed E-state index contributed by atoms with van der Waals surface area (Å²) in [6, 6.07) is -6.08. The van der Waals surface area contributed by atoms with Crippen molar-refractivity contribution in [1.29, 1.82) is 0 Å². The predicted octanol–water partition coefficient (Wildman–Crippen LogP) is -4.72. The van der Waals surface area contributed by atoms with Crippen molar-refractivity contribution in [3.8, 4) is 5.75 Å². The van der Waals surface area contributed by atoms with E-state index in [-0.39, 0.29) is 58.9 Å². The van der Waals surface area contributed by atoms with Gasteiger partial charge in [-0.3, -0.25) is 57.6 Å². The molecule has 31 heteroatoms. The topological polar surface area (TPSA) is 459 Å². The number of hydrogen-bond donors (Lipinski definition) is 14. The van der Waals surface area contributed by atoms with Gasteiger partial charge in [0.2, 0.25) is 58.2 Å². The number of methoxy groups -OCH3 is 1. The first-order chi connectivity index (χ1) is 40.9. The number of aromatic amines is 1. The highest BCUT2D eigenvalue weighted by molar-refractivity contribution is 7.98. The minimum atomic E-state index is -2.41. The molecule has 4 aliphatic rings. The van der Waals surface area contributed by atoms with E-state index in [0.29, 0.717) is 66.6 Å². The molecule has 2 fully saturated rings. The molecule has 1 aromatic heterocycles. The van der Waals surface area contributed by atoms with E-state index in [9.17, 15) is 73.2 Å².